The van der Waals surface area contributed by atoms with Crippen molar-refractivity contribution >= 4 is 11.4 Å². The van der Waals surface area contributed by atoms with Crippen LogP contribution < -0.4 is 0 Å². The summed E-state index contributed by atoms with van der Waals surface area (Å²) in [5.74, 6) is 0.321. The molecule has 3 aliphatic rings. The monoisotopic (exact) mass is 331 g/mol. The van der Waals surface area contributed by atoms with Crippen molar-refractivity contribution in [3.63, 3.8) is 0 Å². The lowest BCUT2D eigenvalue weighted by atomic mass is 9.71. The number of hydrogen-bond acceptors (Lipinski definition) is 3. The Morgan fingerprint density at radius 3 is 2.84 bits per heavy atom. The number of carbonyl (C=O) groups excluding carboxylic acids is 1. The number of methoxy groups -OCH3 is 1. The Hall–Kier alpha value is -2.44. The van der Waals surface area contributed by atoms with Gasteiger partial charge in [-0.1, -0.05) is 30.4 Å². The predicted molar refractivity (Wildman–Crippen MR) is 96.6 cm³/mol. The van der Waals surface area contributed by atoms with E-state index < -0.39 is 0 Å². The molecule has 3 nitrogen and oxygen atoms in total. The average Bonchev–Trinajstić information content (AvgIpc) is 3.02. The molecule has 1 saturated carbocycles. The number of hydrogen-bond donors (Lipinski definition) is 0. The molecular formula is C22H21NO2. The van der Waals surface area contributed by atoms with Crippen LogP contribution in [0.4, 0.5) is 0 Å². The van der Waals surface area contributed by atoms with Gasteiger partial charge in [0.25, 0.3) is 0 Å². The Labute approximate surface area is 148 Å². The van der Waals surface area contributed by atoms with E-state index in [-0.39, 0.29) is 11.5 Å². The predicted octanol–water partition coefficient (Wildman–Crippen LogP) is 4.36. The Kier molecular flexibility index (Phi) is 3.94. The molecule has 1 aromatic rings. The Morgan fingerprint density at radius 1 is 1.24 bits per heavy atom. The van der Waals surface area contributed by atoms with Gasteiger partial charge in [0.1, 0.15) is 5.78 Å². The highest BCUT2D eigenvalue weighted by atomic mass is 16.5. The summed E-state index contributed by atoms with van der Waals surface area (Å²) in [4.78, 5) is 12.8. The average molecular weight is 331 g/mol. The summed E-state index contributed by atoms with van der Waals surface area (Å²) < 4.78 is 5.39. The minimum Gasteiger partial charge on any atom is -0.381 e. The molecular weight excluding hydrogens is 310 g/mol. The number of ether oxygens (including phenoxy) is 1. The zero-order valence-electron chi connectivity index (χ0n) is 14.4. The quantitative estimate of drug-likeness (QED) is 0.809. The third-order valence-corrected chi connectivity index (χ3v) is 5.81. The first-order valence-corrected chi connectivity index (χ1v) is 8.82. The van der Waals surface area contributed by atoms with Crippen LogP contribution in [-0.4, -0.2) is 19.0 Å². The second-order valence-electron chi connectivity index (χ2n) is 7.28. The molecule has 3 heteroatoms. The minimum atomic E-state index is -0.312. The molecule has 1 unspecified atom stereocenters. The van der Waals surface area contributed by atoms with Crippen LogP contribution in [-0.2, 0) is 9.53 Å². The van der Waals surface area contributed by atoms with E-state index in [1.807, 2.05) is 24.3 Å². The van der Waals surface area contributed by atoms with E-state index in [0.717, 1.165) is 31.2 Å². The molecule has 0 saturated heterocycles. The molecule has 0 radical (unpaired) electrons. The van der Waals surface area contributed by atoms with E-state index in [0.29, 0.717) is 17.8 Å². The molecule has 1 fully saturated rings. The number of benzene rings is 1. The summed E-state index contributed by atoms with van der Waals surface area (Å²) in [5.41, 5.74) is 5.24. The smallest absolute Gasteiger partial charge is 0.145 e. The van der Waals surface area contributed by atoms with Gasteiger partial charge in [0.2, 0.25) is 0 Å². The fourth-order valence-corrected chi connectivity index (χ4v) is 4.32. The standard InChI is InChI=1S/C22H21NO2/c1-25-20-7-8-22(21(24)11-20)12-18-6-5-17(10-19(18)13-22)16-4-2-3-15(9-16)14-23/h2-6,9,13,20H,7-8,10-12H2,1H3/t20-,22?/m1/s1. The molecule has 0 aliphatic heterocycles. The van der Waals surface area contributed by atoms with E-state index in [2.05, 4.69) is 24.3 Å². The third-order valence-electron chi connectivity index (χ3n) is 5.81. The van der Waals surface area contributed by atoms with Gasteiger partial charge in [-0.3, -0.25) is 4.79 Å². The Morgan fingerprint density at radius 2 is 2.08 bits per heavy atom. The van der Waals surface area contributed by atoms with Crippen LogP contribution in [0, 0.1) is 16.7 Å². The largest absolute Gasteiger partial charge is 0.381 e. The first-order chi connectivity index (χ1) is 12.1. The number of carbonyl (C=O) groups is 1. The molecule has 2 atom stereocenters. The molecule has 0 N–H and O–H groups in total. The zero-order valence-corrected chi connectivity index (χ0v) is 14.4. The van der Waals surface area contributed by atoms with Crippen molar-refractivity contribution in [1.82, 2.24) is 0 Å². The van der Waals surface area contributed by atoms with Crippen molar-refractivity contribution in [2.75, 3.05) is 7.11 Å². The van der Waals surface area contributed by atoms with Gasteiger partial charge >= 0.3 is 0 Å². The van der Waals surface area contributed by atoms with Gasteiger partial charge in [0.05, 0.1) is 23.2 Å². The van der Waals surface area contributed by atoms with Crippen LogP contribution in [0.15, 0.2) is 53.6 Å². The first kappa shape index (κ1) is 16.1. The lowest BCUT2D eigenvalue weighted by Gasteiger charge is -2.33. The second kappa shape index (κ2) is 6.13. The van der Waals surface area contributed by atoms with Crippen LogP contribution in [0.25, 0.3) is 5.57 Å². The highest BCUT2D eigenvalue weighted by Crippen LogP contribution is 2.50. The summed E-state index contributed by atoms with van der Waals surface area (Å²) in [6, 6.07) is 9.93. The molecule has 0 bridgehead atoms. The Bertz CT molecular complexity index is 868. The topological polar surface area (TPSA) is 50.1 Å². The van der Waals surface area contributed by atoms with Crippen LogP contribution in [0.3, 0.4) is 0 Å². The summed E-state index contributed by atoms with van der Waals surface area (Å²) in [6.07, 6.45) is 10.6. The summed E-state index contributed by atoms with van der Waals surface area (Å²) in [5, 5.41) is 9.11. The number of Topliss-reactive ketones (excluding diaryl/α,β-unsaturated/α-hetero) is 1. The molecule has 126 valence electrons. The van der Waals surface area contributed by atoms with Crippen molar-refractivity contribution in [2.45, 2.75) is 38.2 Å². The van der Waals surface area contributed by atoms with Gasteiger partial charge < -0.3 is 4.74 Å². The molecule has 25 heavy (non-hydrogen) atoms. The van der Waals surface area contributed by atoms with Crippen molar-refractivity contribution in [2.24, 2.45) is 5.41 Å². The van der Waals surface area contributed by atoms with E-state index in [1.54, 1.807) is 7.11 Å². The Balaban J connectivity index is 1.60. The molecule has 4 rings (SSSR count). The molecule has 3 aliphatic carbocycles. The molecule has 0 amide bonds. The van der Waals surface area contributed by atoms with Crippen molar-refractivity contribution in [3.05, 3.63) is 64.8 Å². The van der Waals surface area contributed by atoms with Gasteiger partial charge in [-0.25, -0.2) is 0 Å². The third kappa shape index (κ3) is 2.77. The molecule has 1 aromatic carbocycles. The van der Waals surface area contributed by atoms with Crippen LogP contribution in [0.1, 0.15) is 43.2 Å². The van der Waals surface area contributed by atoms with Gasteiger partial charge in [-0.05, 0) is 60.1 Å². The van der Waals surface area contributed by atoms with Crippen LogP contribution >= 0.6 is 0 Å². The van der Waals surface area contributed by atoms with E-state index in [4.69, 9.17) is 10.00 Å². The summed E-state index contributed by atoms with van der Waals surface area (Å²) >= 11 is 0. The number of nitrogens with zero attached hydrogens (tertiary/aromatic N) is 1. The first-order valence-electron chi connectivity index (χ1n) is 8.82. The summed E-state index contributed by atoms with van der Waals surface area (Å²) in [6.45, 7) is 0. The number of ketones is 1. The number of allylic oxidation sites excluding steroid dienone is 6. The van der Waals surface area contributed by atoms with Crippen molar-refractivity contribution < 1.29 is 9.53 Å². The fraction of sp³-hybridized carbons (Fsp3) is 0.364. The number of fused-ring (bicyclic) bond motifs is 1. The van der Waals surface area contributed by atoms with Gasteiger partial charge in [0, 0.05) is 13.5 Å². The highest BCUT2D eigenvalue weighted by Gasteiger charge is 2.45. The second-order valence-corrected chi connectivity index (χ2v) is 7.28. The molecule has 0 aromatic heterocycles. The zero-order chi connectivity index (χ0) is 17.4. The van der Waals surface area contributed by atoms with E-state index in [1.165, 1.54) is 16.7 Å². The summed E-state index contributed by atoms with van der Waals surface area (Å²) in [7, 11) is 1.69. The number of rotatable bonds is 2. The van der Waals surface area contributed by atoms with Crippen LogP contribution in [0.5, 0.6) is 0 Å². The van der Waals surface area contributed by atoms with Crippen LogP contribution in [0.2, 0.25) is 0 Å². The van der Waals surface area contributed by atoms with Crippen molar-refractivity contribution in [3.8, 4) is 6.07 Å². The highest BCUT2D eigenvalue weighted by molar-refractivity contribution is 5.90. The maximum atomic E-state index is 12.8. The minimum absolute atomic E-state index is 0.0792. The SMILES string of the molecule is CO[C@@H]1CCC2(C=C3CC(c4cccc(C#N)c4)=CC=C3C2)C(=O)C1. The normalized spacial score (nSPS) is 28.1. The molecule has 0 heterocycles. The molecule has 1 spiro atoms. The fourth-order valence-electron chi connectivity index (χ4n) is 4.32. The van der Waals surface area contributed by atoms with Crippen molar-refractivity contribution in [1.29, 1.82) is 5.26 Å². The van der Waals surface area contributed by atoms with E-state index in [9.17, 15) is 4.79 Å². The van der Waals surface area contributed by atoms with Gasteiger partial charge in [0.15, 0.2) is 0 Å². The lowest BCUT2D eigenvalue weighted by molar-refractivity contribution is -0.132. The maximum Gasteiger partial charge on any atom is 0.145 e. The lowest BCUT2D eigenvalue weighted by Crippen LogP contribution is -2.37. The maximum absolute atomic E-state index is 12.8. The van der Waals surface area contributed by atoms with Gasteiger partial charge in [-0.2, -0.15) is 5.26 Å². The van der Waals surface area contributed by atoms with E-state index >= 15 is 0 Å². The number of nitriles is 1. The van der Waals surface area contributed by atoms with Gasteiger partial charge in [-0.15, -0.1) is 0 Å².